The summed E-state index contributed by atoms with van der Waals surface area (Å²) in [6, 6.07) is 6.31. The normalized spacial score (nSPS) is 10.3. The summed E-state index contributed by atoms with van der Waals surface area (Å²) in [5.74, 6) is -0.542. The van der Waals surface area contributed by atoms with Crippen molar-refractivity contribution in [2.45, 2.75) is 26.3 Å². The lowest BCUT2D eigenvalue weighted by molar-refractivity contribution is 0.0696. The van der Waals surface area contributed by atoms with Gasteiger partial charge in [-0.05, 0) is 24.1 Å². The van der Waals surface area contributed by atoms with Crippen LogP contribution >= 0.6 is 0 Å². The van der Waals surface area contributed by atoms with Crippen molar-refractivity contribution in [2.75, 3.05) is 0 Å². The molecule has 1 amide bonds. The van der Waals surface area contributed by atoms with Gasteiger partial charge in [-0.25, -0.2) is 9.78 Å². The second-order valence-corrected chi connectivity index (χ2v) is 4.54. The Morgan fingerprint density at radius 1 is 1.29 bits per heavy atom. The van der Waals surface area contributed by atoms with E-state index < -0.39 is 5.97 Å². The number of aromatic carboxylic acids is 1. The third kappa shape index (κ3) is 3.88. The first-order valence-electron chi connectivity index (χ1n) is 6.62. The molecule has 2 aromatic rings. The predicted molar refractivity (Wildman–Crippen MR) is 74.9 cm³/mol. The van der Waals surface area contributed by atoms with Crippen molar-refractivity contribution in [2.24, 2.45) is 0 Å². The third-order valence-corrected chi connectivity index (χ3v) is 2.88. The zero-order chi connectivity index (χ0) is 15.2. The van der Waals surface area contributed by atoms with Crippen molar-refractivity contribution in [3.8, 4) is 0 Å². The highest BCUT2D eigenvalue weighted by molar-refractivity contribution is 5.90. The Morgan fingerprint density at radius 2 is 2.00 bits per heavy atom. The molecule has 0 aliphatic rings. The van der Waals surface area contributed by atoms with Gasteiger partial charge in [0.05, 0.1) is 5.56 Å². The summed E-state index contributed by atoms with van der Waals surface area (Å²) in [7, 11) is 0. The molecule has 110 valence electrons. The summed E-state index contributed by atoms with van der Waals surface area (Å²) in [6.07, 6.45) is 1.67. The van der Waals surface area contributed by atoms with Crippen LogP contribution in [0.25, 0.3) is 0 Å². The number of nitrogens with one attached hydrogen (secondary N) is 2. The van der Waals surface area contributed by atoms with Gasteiger partial charge in [0.25, 0.3) is 5.91 Å². The molecule has 7 nitrogen and oxygen atoms in total. The van der Waals surface area contributed by atoms with Gasteiger partial charge in [0.2, 0.25) is 5.82 Å². The summed E-state index contributed by atoms with van der Waals surface area (Å²) in [5, 5.41) is 18.1. The van der Waals surface area contributed by atoms with E-state index in [0.717, 1.165) is 18.4 Å². The molecule has 0 spiro atoms. The van der Waals surface area contributed by atoms with Crippen LogP contribution in [0.3, 0.4) is 0 Å². The number of carbonyl (C=O) groups is 2. The molecular formula is C14H16N4O3. The highest BCUT2D eigenvalue weighted by Crippen LogP contribution is 2.04. The van der Waals surface area contributed by atoms with Crippen LogP contribution in [0.1, 0.15) is 45.7 Å². The maximum atomic E-state index is 11.9. The van der Waals surface area contributed by atoms with Crippen LogP contribution in [0, 0.1) is 0 Å². The topological polar surface area (TPSA) is 108 Å². The summed E-state index contributed by atoms with van der Waals surface area (Å²) < 4.78 is 0. The van der Waals surface area contributed by atoms with Gasteiger partial charge in [-0.15, -0.1) is 5.10 Å². The van der Waals surface area contributed by atoms with E-state index in [1.807, 2.05) is 6.92 Å². The Kier molecular flexibility index (Phi) is 4.65. The smallest absolute Gasteiger partial charge is 0.335 e. The van der Waals surface area contributed by atoms with Gasteiger partial charge < -0.3 is 10.4 Å². The summed E-state index contributed by atoms with van der Waals surface area (Å²) in [6.45, 7) is 2.30. The lowest BCUT2D eigenvalue weighted by Gasteiger charge is -2.03. The fourth-order valence-corrected chi connectivity index (χ4v) is 1.77. The van der Waals surface area contributed by atoms with Crippen LogP contribution in [0.15, 0.2) is 24.3 Å². The van der Waals surface area contributed by atoms with Crippen LogP contribution in [0.5, 0.6) is 0 Å². The molecule has 0 radical (unpaired) electrons. The average Bonchev–Trinajstić information content (AvgIpc) is 2.94. The molecule has 7 heteroatoms. The SMILES string of the molecule is CCCc1nc(C(=O)NCc2ccc(C(=O)O)cc2)n[nH]1. The molecule has 0 bridgehead atoms. The number of hydrogen-bond acceptors (Lipinski definition) is 4. The second-order valence-electron chi connectivity index (χ2n) is 4.54. The molecule has 2 rings (SSSR count). The van der Waals surface area contributed by atoms with Gasteiger partial charge >= 0.3 is 5.97 Å². The zero-order valence-corrected chi connectivity index (χ0v) is 11.6. The van der Waals surface area contributed by atoms with E-state index in [2.05, 4.69) is 20.5 Å². The second kappa shape index (κ2) is 6.65. The molecule has 1 aromatic carbocycles. The number of aromatic nitrogens is 3. The van der Waals surface area contributed by atoms with Crippen molar-refractivity contribution >= 4 is 11.9 Å². The van der Waals surface area contributed by atoms with Crippen molar-refractivity contribution in [3.63, 3.8) is 0 Å². The Bertz CT molecular complexity index is 634. The molecular weight excluding hydrogens is 272 g/mol. The number of carboxylic acid groups (broad SMARTS) is 1. The molecule has 3 N–H and O–H groups in total. The first-order valence-corrected chi connectivity index (χ1v) is 6.62. The van der Waals surface area contributed by atoms with Crippen LogP contribution in [0.4, 0.5) is 0 Å². The van der Waals surface area contributed by atoms with E-state index >= 15 is 0 Å². The van der Waals surface area contributed by atoms with Crippen molar-refractivity contribution in [1.82, 2.24) is 20.5 Å². The first-order chi connectivity index (χ1) is 10.1. The van der Waals surface area contributed by atoms with E-state index in [1.54, 1.807) is 12.1 Å². The molecule has 0 atom stereocenters. The van der Waals surface area contributed by atoms with E-state index in [1.165, 1.54) is 12.1 Å². The molecule has 0 aliphatic carbocycles. The minimum Gasteiger partial charge on any atom is -0.478 e. The highest BCUT2D eigenvalue weighted by atomic mass is 16.4. The predicted octanol–water partition coefficient (Wildman–Crippen LogP) is 1.39. The Morgan fingerprint density at radius 3 is 2.62 bits per heavy atom. The zero-order valence-electron chi connectivity index (χ0n) is 11.6. The van der Waals surface area contributed by atoms with Crippen LogP contribution in [-0.4, -0.2) is 32.2 Å². The molecule has 1 heterocycles. The highest BCUT2D eigenvalue weighted by Gasteiger charge is 2.11. The molecule has 21 heavy (non-hydrogen) atoms. The van der Waals surface area contributed by atoms with Gasteiger partial charge in [-0.2, -0.15) is 0 Å². The number of carbonyl (C=O) groups excluding carboxylic acids is 1. The van der Waals surface area contributed by atoms with Crippen molar-refractivity contribution < 1.29 is 14.7 Å². The van der Waals surface area contributed by atoms with Crippen LogP contribution in [-0.2, 0) is 13.0 Å². The lowest BCUT2D eigenvalue weighted by Crippen LogP contribution is -2.24. The fourth-order valence-electron chi connectivity index (χ4n) is 1.77. The molecule has 1 aromatic heterocycles. The number of benzene rings is 1. The number of aromatic amines is 1. The van der Waals surface area contributed by atoms with Crippen molar-refractivity contribution in [1.29, 1.82) is 0 Å². The minimum atomic E-state index is -0.977. The number of rotatable bonds is 6. The number of carboxylic acids is 1. The molecule has 0 saturated heterocycles. The minimum absolute atomic E-state index is 0.112. The van der Waals surface area contributed by atoms with Gasteiger partial charge in [0, 0.05) is 13.0 Å². The third-order valence-electron chi connectivity index (χ3n) is 2.88. The molecule has 0 saturated carbocycles. The van der Waals surface area contributed by atoms with E-state index in [-0.39, 0.29) is 23.8 Å². The summed E-state index contributed by atoms with van der Waals surface area (Å²) >= 11 is 0. The maximum Gasteiger partial charge on any atom is 0.335 e. The fraction of sp³-hybridized carbons (Fsp3) is 0.286. The van der Waals surface area contributed by atoms with E-state index in [0.29, 0.717) is 5.82 Å². The van der Waals surface area contributed by atoms with Crippen molar-refractivity contribution in [3.05, 3.63) is 47.0 Å². The van der Waals surface area contributed by atoms with Gasteiger partial charge in [0.15, 0.2) is 0 Å². The largest absolute Gasteiger partial charge is 0.478 e. The number of hydrogen-bond donors (Lipinski definition) is 3. The quantitative estimate of drug-likeness (QED) is 0.744. The summed E-state index contributed by atoms with van der Waals surface area (Å²) in [5.41, 5.74) is 1.01. The molecule has 0 aliphatic heterocycles. The number of aryl methyl sites for hydroxylation is 1. The van der Waals surface area contributed by atoms with E-state index in [4.69, 9.17) is 5.11 Å². The number of nitrogens with zero attached hydrogens (tertiary/aromatic N) is 2. The first kappa shape index (κ1) is 14.7. The van der Waals surface area contributed by atoms with Gasteiger partial charge in [-0.3, -0.25) is 9.89 Å². The van der Waals surface area contributed by atoms with Gasteiger partial charge in [0.1, 0.15) is 5.82 Å². The summed E-state index contributed by atoms with van der Waals surface area (Å²) in [4.78, 5) is 26.7. The van der Waals surface area contributed by atoms with Crippen LogP contribution < -0.4 is 5.32 Å². The Labute approximate surface area is 121 Å². The molecule has 0 unspecified atom stereocenters. The molecule has 0 fully saturated rings. The standard InChI is InChI=1S/C14H16N4O3/c1-2-3-11-16-12(18-17-11)13(19)15-8-9-4-6-10(7-5-9)14(20)21/h4-7H,2-3,8H2,1H3,(H,15,19)(H,20,21)(H,16,17,18). The Hall–Kier alpha value is -2.70. The van der Waals surface area contributed by atoms with Crippen LogP contribution in [0.2, 0.25) is 0 Å². The number of amides is 1. The Balaban J connectivity index is 1.92. The van der Waals surface area contributed by atoms with E-state index in [9.17, 15) is 9.59 Å². The van der Waals surface area contributed by atoms with Gasteiger partial charge in [-0.1, -0.05) is 19.1 Å². The average molecular weight is 288 g/mol. The number of H-pyrrole nitrogens is 1. The monoisotopic (exact) mass is 288 g/mol. The lowest BCUT2D eigenvalue weighted by atomic mass is 10.1. The maximum absolute atomic E-state index is 11.9.